The summed E-state index contributed by atoms with van der Waals surface area (Å²) in [6, 6.07) is 9.32. The van der Waals surface area contributed by atoms with Crippen molar-refractivity contribution in [3.8, 4) is 11.6 Å². The number of halogens is 1. The lowest BCUT2D eigenvalue weighted by Crippen LogP contribution is -2.05. The van der Waals surface area contributed by atoms with Crippen molar-refractivity contribution in [1.29, 1.82) is 0 Å². The van der Waals surface area contributed by atoms with Gasteiger partial charge >= 0.3 is 0 Å². The number of aromatic nitrogens is 1. The molecule has 0 saturated carbocycles. The summed E-state index contributed by atoms with van der Waals surface area (Å²) in [7, 11) is 0. The van der Waals surface area contributed by atoms with Crippen LogP contribution in [0.1, 0.15) is 18.5 Å². The van der Waals surface area contributed by atoms with Crippen molar-refractivity contribution >= 4 is 0 Å². The topological polar surface area (TPSA) is 48.1 Å². The van der Waals surface area contributed by atoms with Crippen LogP contribution < -0.4 is 10.5 Å². The van der Waals surface area contributed by atoms with Gasteiger partial charge in [-0.1, -0.05) is 6.07 Å². The van der Waals surface area contributed by atoms with Crippen molar-refractivity contribution in [3.63, 3.8) is 0 Å². The lowest BCUT2D eigenvalue weighted by Gasteiger charge is -2.07. The highest BCUT2D eigenvalue weighted by Gasteiger charge is 2.02. The third kappa shape index (κ3) is 3.01. The summed E-state index contributed by atoms with van der Waals surface area (Å²) in [4.78, 5) is 4.12. The molecule has 3 nitrogen and oxygen atoms in total. The first kappa shape index (κ1) is 11.5. The first-order valence-electron chi connectivity index (χ1n) is 5.30. The van der Waals surface area contributed by atoms with Crippen molar-refractivity contribution in [2.75, 3.05) is 0 Å². The van der Waals surface area contributed by atoms with Gasteiger partial charge in [0.25, 0.3) is 0 Å². The molecule has 0 aliphatic heterocycles. The molecule has 0 fully saturated rings. The maximum absolute atomic E-state index is 12.7. The summed E-state index contributed by atoms with van der Waals surface area (Å²) >= 11 is 0. The van der Waals surface area contributed by atoms with Crippen LogP contribution in [-0.2, 0) is 0 Å². The molecule has 2 aromatic rings. The van der Waals surface area contributed by atoms with E-state index in [1.54, 1.807) is 24.4 Å². The molecule has 0 bridgehead atoms. The Balaban J connectivity index is 2.11. The molecule has 17 heavy (non-hydrogen) atoms. The fourth-order valence-corrected chi connectivity index (χ4v) is 1.34. The van der Waals surface area contributed by atoms with Crippen molar-refractivity contribution in [1.82, 2.24) is 4.98 Å². The van der Waals surface area contributed by atoms with Gasteiger partial charge in [0, 0.05) is 18.3 Å². The summed E-state index contributed by atoms with van der Waals surface area (Å²) in [6.45, 7) is 1.89. The molecule has 0 aliphatic rings. The largest absolute Gasteiger partial charge is 0.439 e. The minimum Gasteiger partial charge on any atom is -0.439 e. The molecule has 0 unspecified atom stereocenters. The number of rotatable bonds is 3. The normalized spacial score (nSPS) is 12.2. The quantitative estimate of drug-likeness (QED) is 0.884. The first-order valence-corrected chi connectivity index (χ1v) is 5.30. The maximum atomic E-state index is 12.7. The van der Waals surface area contributed by atoms with E-state index in [1.165, 1.54) is 12.1 Å². The lowest BCUT2D eigenvalue weighted by molar-refractivity contribution is 0.460. The van der Waals surface area contributed by atoms with E-state index in [9.17, 15) is 4.39 Å². The minimum atomic E-state index is -0.294. The number of nitrogens with two attached hydrogens (primary N) is 1. The number of ether oxygens (including phenoxy) is 1. The number of pyridine rings is 1. The van der Waals surface area contributed by atoms with E-state index in [0.717, 1.165) is 5.56 Å². The van der Waals surface area contributed by atoms with Gasteiger partial charge in [0.15, 0.2) is 0 Å². The molecule has 0 radical (unpaired) electrons. The average Bonchev–Trinajstić information content (AvgIpc) is 2.33. The number of hydrogen-bond donors (Lipinski definition) is 1. The standard InChI is InChI=1S/C13H13FN2O/c1-9(15)10-2-7-13(16-8-10)17-12-5-3-11(14)4-6-12/h2-9H,15H2,1H3/t9-/m1/s1. The van der Waals surface area contributed by atoms with Gasteiger partial charge in [0.2, 0.25) is 5.88 Å². The van der Waals surface area contributed by atoms with Gasteiger partial charge in [-0.15, -0.1) is 0 Å². The second-order valence-corrected chi connectivity index (χ2v) is 3.77. The smallest absolute Gasteiger partial charge is 0.219 e. The highest BCUT2D eigenvalue weighted by molar-refractivity contribution is 5.28. The molecule has 0 spiro atoms. The fourth-order valence-electron chi connectivity index (χ4n) is 1.34. The molecule has 1 aromatic heterocycles. The third-order valence-electron chi connectivity index (χ3n) is 2.32. The lowest BCUT2D eigenvalue weighted by atomic mass is 10.2. The summed E-state index contributed by atoms with van der Waals surface area (Å²) in [6.07, 6.45) is 1.67. The Bertz CT molecular complexity index is 480. The molecule has 1 atom stereocenters. The van der Waals surface area contributed by atoms with E-state index in [0.29, 0.717) is 11.6 Å². The van der Waals surface area contributed by atoms with Gasteiger partial charge in [-0.2, -0.15) is 0 Å². The Morgan fingerprint density at radius 2 is 1.88 bits per heavy atom. The van der Waals surface area contributed by atoms with Crippen LogP contribution in [0.25, 0.3) is 0 Å². The van der Waals surface area contributed by atoms with E-state index >= 15 is 0 Å². The SMILES string of the molecule is C[C@@H](N)c1ccc(Oc2ccc(F)cc2)nc1. The van der Waals surface area contributed by atoms with Crippen molar-refractivity contribution in [2.45, 2.75) is 13.0 Å². The monoisotopic (exact) mass is 232 g/mol. The maximum Gasteiger partial charge on any atom is 0.219 e. The van der Waals surface area contributed by atoms with Crippen LogP contribution in [0, 0.1) is 5.82 Å². The molecule has 0 saturated heterocycles. The summed E-state index contributed by atoms with van der Waals surface area (Å²) in [5.41, 5.74) is 6.65. The Morgan fingerprint density at radius 1 is 1.18 bits per heavy atom. The second-order valence-electron chi connectivity index (χ2n) is 3.77. The summed E-state index contributed by atoms with van der Waals surface area (Å²) in [5, 5.41) is 0. The number of hydrogen-bond acceptors (Lipinski definition) is 3. The van der Waals surface area contributed by atoms with Crippen molar-refractivity contribution in [2.24, 2.45) is 5.73 Å². The molecule has 0 aliphatic carbocycles. The zero-order valence-corrected chi connectivity index (χ0v) is 9.43. The molecule has 88 valence electrons. The molecular formula is C13H13FN2O. The van der Waals surface area contributed by atoms with Crippen LogP contribution in [0.2, 0.25) is 0 Å². The van der Waals surface area contributed by atoms with E-state index in [1.807, 2.05) is 13.0 Å². The van der Waals surface area contributed by atoms with Gasteiger partial charge in [-0.3, -0.25) is 0 Å². The van der Waals surface area contributed by atoms with Crippen LogP contribution in [0.5, 0.6) is 11.6 Å². The Labute approximate surface area is 99.1 Å². The molecule has 0 amide bonds. The molecule has 4 heteroatoms. The van der Waals surface area contributed by atoms with Crippen LogP contribution in [0.4, 0.5) is 4.39 Å². The van der Waals surface area contributed by atoms with Gasteiger partial charge in [-0.05, 0) is 36.8 Å². The predicted octanol–water partition coefficient (Wildman–Crippen LogP) is 3.03. The second kappa shape index (κ2) is 4.93. The molecule has 2 rings (SSSR count). The molecular weight excluding hydrogens is 219 g/mol. The van der Waals surface area contributed by atoms with E-state index in [2.05, 4.69) is 4.98 Å². The van der Waals surface area contributed by atoms with E-state index in [-0.39, 0.29) is 11.9 Å². The van der Waals surface area contributed by atoms with Gasteiger partial charge in [0.1, 0.15) is 11.6 Å². The highest BCUT2D eigenvalue weighted by atomic mass is 19.1. The van der Waals surface area contributed by atoms with Gasteiger partial charge in [0.05, 0.1) is 0 Å². The van der Waals surface area contributed by atoms with Crippen molar-refractivity contribution in [3.05, 3.63) is 54.0 Å². The Hall–Kier alpha value is -1.94. The van der Waals surface area contributed by atoms with Gasteiger partial charge < -0.3 is 10.5 Å². The zero-order valence-electron chi connectivity index (χ0n) is 9.43. The summed E-state index contributed by atoms with van der Waals surface area (Å²) in [5.74, 6) is 0.714. The van der Waals surface area contributed by atoms with Gasteiger partial charge in [-0.25, -0.2) is 9.37 Å². The Morgan fingerprint density at radius 3 is 2.41 bits per heavy atom. The first-order chi connectivity index (χ1) is 8.15. The molecule has 1 aromatic carbocycles. The van der Waals surface area contributed by atoms with Crippen molar-refractivity contribution < 1.29 is 9.13 Å². The van der Waals surface area contributed by atoms with E-state index < -0.39 is 0 Å². The van der Waals surface area contributed by atoms with Crippen LogP contribution in [-0.4, -0.2) is 4.98 Å². The molecule has 1 heterocycles. The number of nitrogens with zero attached hydrogens (tertiary/aromatic N) is 1. The highest BCUT2D eigenvalue weighted by Crippen LogP contribution is 2.20. The van der Waals surface area contributed by atoms with Crippen LogP contribution in [0.3, 0.4) is 0 Å². The van der Waals surface area contributed by atoms with Crippen LogP contribution >= 0.6 is 0 Å². The minimum absolute atomic E-state index is 0.0534. The summed E-state index contributed by atoms with van der Waals surface area (Å²) < 4.78 is 18.1. The fraction of sp³-hybridized carbons (Fsp3) is 0.154. The molecule has 2 N–H and O–H groups in total. The Kier molecular flexibility index (Phi) is 3.35. The average molecular weight is 232 g/mol. The zero-order chi connectivity index (χ0) is 12.3. The third-order valence-corrected chi connectivity index (χ3v) is 2.32. The predicted molar refractivity (Wildman–Crippen MR) is 63.3 cm³/mol. The van der Waals surface area contributed by atoms with E-state index in [4.69, 9.17) is 10.5 Å². The number of benzene rings is 1. The van der Waals surface area contributed by atoms with Crippen LogP contribution in [0.15, 0.2) is 42.6 Å².